The number of nitrogens with one attached hydrogen (secondary N) is 3. The first kappa shape index (κ1) is 18.5. The predicted octanol–water partition coefficient (Wildman–Crippen LogP) is 2.14. The molecule has 1 heterocycles. The van der Waals surface area contributed by atoms with Crippen molar-refractivity contribution in [2.75, 3.05) is 40.5 Å². The normalized spacial score (nSPS) is 19.3. The molecule has 6 nitrogen and oxygen atoms in total. The van der Waals surface area contributed by atoms with Crippen molar-refractivity contribution in [1.29, 1.82) is 0 Å². The zero-order chi connectivity index (χ0) is 18.2. The third-order valence-electron chi connectivity index (χ3n) is 4.58. The Hall–Kier alpha value is -2.28. The van der Waals surface area contributed by atoms with Crippen molar-refractivity contribution in [2.24, 2.45) is 5.92 Å². The van der Waals surface area contributed by atoms with Crippen LogP contribution in [0.4, 0.5) is 0 Å². The molecule has 2 aromatic carbocycles. The highest BCUT2D eigenvalue weighted by Crippen LogP contribution is 2.26. The van der Waals surface area contributed by atoms with Gasteiger partial charge in [0.25, 0.3) is 0 Å². The number of ether oxygens (including phenoxy) is 3. The van der Waals surface area contributed by atoms with Gasteiger partial charge >= 0.3 is 0 Å². The van der Waals surface area contributed by atoms with Gasteiger partial charge < -0.3 is 19.5 Å². The molecule has 0 saturated carbocycles. The van der Waals surface area contributed by atoms with Crippen molar-refractivity contribution >= 4 is 0 Å². The van der Waals surface area contributed by atoms with E-state index in [4.69, 9.17) is 14.2 Å². The standard InChI is InChI=1S/C20H27N3O3/c1-24-17-5-3-15(4-6-17)20-16(14-22-23-20)13-21-11-12-26-19-9-7-18(25-2)8-10-19/h3-10,16,20-23H,11-14H2,1-2H3. The molecule has 0 aromatic heterocycles. The predicted molar refractivity (Wildman–Crippen MR) is 102 cm³/mol. The molecule has 3 N–H and O–H groups in total. The van der Waals surface area contributed by atoms with Crippen LogP contribution in [0.2, 0.25) is 0 Å². The molecule has 0 spiro atoms. The molecular weight excluding hydrogens is 330 g/mol. The van der Waals surface area contributed by atoms with E-state index in [0.29, 0.717) is 12.5 Å². The van der Waals surface area contributed by atoms with E-state index < -0.39 is 0 Å². The van der Waals surface area contributed by atoms with Crippen molar-refractivity contribution in [1.82, 2.24) is 16.2 Å². The fraction of sp³-hybridized carbons (Fsp3) is 0.400. The lowest BCUT2D eigenvalue weighted by atomic mass is 9.95. The van der Waals surface area contributed by atoms with Crippen molar-refractivity contribution in [3.8, 4) is 17.2 Å². The summed E-state index contributed by atoms with van der Waals surface area (Å²) < 4.78 is 16.1. The average molecular weight is 357 g/mol. The van der Waals surface area contributed by atoms with E-state index >= 15 is 0 Å². The molecule has 26 heavy (non-hydrogen) atoms. The zero-order valence-electron chi connectivity index (χ0n) is 15.3. The molecule has 0 bridgehead atoms. The lowest BCUT2D eigenvalue weighted by Crippen LogP contribution is -2.31. The summed E-state index contributed by atoms with van der Waals surface area (Å²) in [5, 5.41) is 3.49. The van der Waals surface area contributed by atoms with Gasteiger partial charge in [0.2, 0.25) is 0 Å². The number of hydrazine groups is 1. The van der Waals surface area contributed by atoms with Gasteiger partial charge in [-0.05, 0) is 42.0 Å². The molecule has 140 valence electrons. The van der Waals surface area contributed by atoms with E-state index in [0.717, 1.165) is 36.9 Å². The van der Waals surface area contributed by atoms with E-state index in [2.05, 4.69) is 28.3 Å². The van der Waals surface area contributed by atoms with E-state index in [1.807, 2.05) is 36.4 Å². The molecule has 1 fully saturated rings. The Balaban J connectivity index is 1.40. The molecule has 3 rings (SSSR count). The van der Waals surface area contributed by atoms with Crippen LogP contribution in [-0.4, -0.2) is 40.5 Å². The van der Waals surface area contributed by atoms with E-state index in [1.165, 1.54) is 5.56 Å². The van der Waals surface area contributed by atoms with Gasteiger partial charge in [-0.2, -0.15) is 0 Å². The summed E-state index contributed by atoms with van der Waals surface area (Å²) in [6.07, 6.45) is 0. The highest BCUT2D eigenvalue weighted by molar-refractivity contribution is 5.31. The van der Waals surface area contributed by atoms with Gasteiger partial charge in [0.15, 0.2) is 0 Å². The van der Waals surface area contributed by atoms with Crippen LogP contribution in [-0.2, 0) is 0 Å². The minimum absolute atomic E-state index is 0.288. The third kappa shape index (κ3) is 4.88. The van der Waals surface area contributed by atoms with Crippen molar-refractivity contribution in [3.05, 3.63) is 54.1 Å². The lowest BCUT2D eigenvalue weighted by Gasteiger charge is -2.19. The largest absolute Gasteiger partial charge is 0.497 e. The van der Waals surface area contributed by atoms with Crippen molar-refractivity contribution in [3.63, 3.8) is 0 Å². The maximum atomic E-state index is 5.74. The Labute approximate surface area is 154 Å². The number of methoxy groups -OCH3 is 2. The summed E-state index contributed by atoms with van der Waals surface area (Å²) in [4.78, 5) is 0. The molecule has 2 aromatic rings. The molecule has 1 aliphatic rings. The molecule has 2 unspecified atom stereocenters. The van der Waals surface area contributed by atoms with E-state index in [9.17, 15) is 0 Å². The Morgan fingerprint density at radius 1 is 0.923 bits per heavy atom. The van der Waals surface area contributed by atoms with Crippen LogP contribution < -0.4 is 30.4 Å². The topological polar surface area (TPSA) is 63.8 Å². The molecule has 2 atom stereocenters. The first-order valence-corrected chi connectivity index (χ1v) is 8.90. The highest BCUT2D eigenvalue weighted by atomic mass is 16.5. The SMILES string of the molecule is COc1ccc(OCCNCC2CNNC2c2ccc(OC)cc2)cc1. The summed E-state index contributed by atoms with van der Waals surface area (Å²) >= 11 is 0. The second kappa shape index (κ2) is 9.43. The molecule has 0 radical (unpaired) electrons. The van der Waals surface area contributed by atoms with Gasteiger partial charge in [-0.1, -0.05) is 12.1 Å². The first-order chi connectivity index (χ1) is 12.8. The quantitative estimate of drug-likeness (QED) is 0.598. The fourth-order valence-electron chi connectivity index (χ4n) is 3.09. The Kier molecular flexibility index (Phi) is 6.71. The Morgan fingerprint density at radius 3 is 2.19 bits per heavy atom. The summed E-state index contributed by atoms with van der Waals surface area (Å²) in [6.45, 7) is 3.29. The van der Waals surface area contributed by atoms with Gasteiger partial charge in [0, 0.05) is 25.6 Å². The second-order valence-corrected chi connectivity index (χ2v) is 6.26. The van der Waals surface area contributed by atoms with Crippen molar-refractivity contribution < 1.29 is 14.2 Å². The second-order valence-electron chi connectivity index (χ2n) is 6.26. The van der Waals surface area contributed by atoms with Gasteiger partial charge in [0.1, 0.15) is 23.9 Å². The van der Waals surface area contributed by atoms with Crippen LogP contribution in [0.5, 0.6) is 17.2 Å². The molecule has 1 aliphatic heterocycles. The van der Waals surface area contributed by atoms with Crippen LogP contribution >= 0.6 is 0 Å². The van der Waals surface area contributed by atoms with Crippen molar-refractivity contribution in [2.45, 2.75) is 6.04 Å². The Bertz CT molecular complexity index is 661. The zero-order valence-corrected chi connectivity index (χ0v) is 15.3. The number of hydrogen-bond donors (Lipinski definition) is 3. The molecule has 1 saturated heterocycles. The van der Waals surface area contributed by atoms with Crippen LogP contribution in [0.15, 0.2) is 48.5 Å². The highest BCUT2D eigenvalue weighted by Gasteiger charge is 2.27. The maximum Gasteiger partial charge on any atom is 0.119 e. The summed E-state index contributed by atoms with van der Waals surface area (Å²) in [5.41, 5.74) is 7.89. The number of benzene rings is 2. The van der Waals surface area contributed by atoms with Crippen LogP contribution in [0.1, 0.15) is 11.6 Å². The molecule has 0 aliphatic carbocycles. The Morgan fingerprint density at radius 2 is 1.54 bits per heavy atom. The van der Waals surface area contributed by atoms with Crippen LogP contribution in [0.3, 0.4) is 0 Å². The fourth-order valence-corrected chi connectivity index (χ4v) is 3.09. The summed E-state index contributed by atoms with van der Waals surface area (Å²) in [5.74, 6) is 3.05. The smallest absolute Gasteiger partial charge is 0.119 e. The average Bonchev–Trinajstić information content (AvgIpc) is 3.17. The van der Waals surface area contributed by atoms with Gasteiger partial charge in [-0.25, -0.2) is 5.43 Å². The monoisotopic (exact) mass is 357 g/mol. The summed E-state index contributed by atoms with van der Waals surface area (Å²) in [6, 6.07) is 16.2. The maximum absolute atomic E-state index is 5.74. The van der Waals surface area contributed by atoms with E-state index in [-0.39, 0.29) is 6.04 Å². The minimum atomic E-state index is 0.288. The lowest BCUT2D eigenvalue weighted by molar-refractivity contribution is 0.306. The number of rotatable bonds is 9. The van der Waals surface area contributed by atoms with Gasteiger partial charge in [0.05, 0.1) is 20.3 Å². The first-order valence-electron chi connectivity index (χ1n) is 8.90. The molecular formula is C20H27N3O3. The molecule has 6 heteroatoms. The van der Waals surface area contributed by atoms with E-state index in [1.54, 1.807) is 14.2 Å². The number of hydrogen-bond acceptors (Lipinski definition) is 6. The minimum Gasteiger partial charge on any atom is -0.497 e. The third-order valence-corrected chi connectivity index (χ3v) is 4.58. The molecule has 0 amide bonds. The van der Waals surface area contributed by atoms with Crippen LogP contribution in [0.25, 0.3) is 0 Å². The van der Waals surface area contributed by atoms with Crippen LogP contribution in [0, 0.1) is 5.92 Å². The van der Waals surface area contributed by atoms with Gasteiger partial charge in [-0.15, -0.1) is 0 Å². The van der Waals surface area contributed by atoms with Gasteiger partial charge in [-0.3, -0.25) is 5.43 Å². The summed E-state index contributed by atoms with van der Waals surface area (Å²) in [7, 11) is 3.34.